The van der Waals surface area contributed by atoms with Crippen molar-refractivity contribution in [1.82, 2.24) is 10.6 Å². The van der Waals surface area contributed by atoms with Crippen LogP contribution in [0.25, 0.3) is 0 Å². The summed E-state index contributed by atoms with van der Waals surface area (Å²) in [6.07, 6.45) is 0. The van der Waals surface area contributed by atoms with Crippen LogP contribution in [0.2, 0.25) is 0 Å². The van der Waals surface area contributed by atoms with E-state index in [2.05, 4.69) is 10.6 Å². The fourth-order valence-corrected chi connectivity index (χ4v) is 1.77. The fraction of sp³-hybridized carbons (Fsp3) is 0.500. The molecule has 0 fully saturated rings. The molecular formula is C14H25Cl2N3O4. The van der Waals surface area contributed by atoms with Gasteiger partial charge in [0, 0.05) is 31.7 Å². The highest BCUT2D eigenvalue weighted by Crippen LogP contribution is 2.30. The van der Waals surface area contributed by atoms with Gasteiger partial charge in [-0.15, -0.1) is 24.8 Å². The minimum atomic E-state index is -0.534. The molecule has 23 heavy (non-hydrogen) atoms. The number of rotatable bonds is 11. The standard InChI is InChI=1S/C14H23N3O4.2ClH/c1-20-12-4-2-3-11(14(12)21-10-13(15)19)9-17-6-5-16-7-8-18;;/h2-4,16-18H,5-10H2,1H3,(H2,15,19);2*1H. The summed E-state index contributed by atoms with van der Waals surface area (Å²) in [5, 5.41) is 15.0. The monoisotopic (exact) mass is 369 g/mol. The highest BCUT2D eigenvalue weighted by Gasteiger charge is 2.11. The van der Waals surface area contributed by atoms with Crippen molar-refractivity contribution in [2.75, 3.05) is 40.0 Å². The number of para-hydroxylation sites is 1. The lowest BCUT2D eigenvalue weighted by atomic mass is 10.2. The van der Waals surface area contributed by atoms with E-state index in [1.807, 2.05) is 12.1 Å². The van der Waals surface area contributed by atoms with E-state index in [0.29, 0.717) is 24.6 Å². The molecule has 0 saturated carbocycles. The Labute approximate surface area is 148 Å². The molecule has 7 nitrogen and oxygen atoms in total. The zero-order valence-corrected chi connectivity index (χ0v) is 14.7. The Bertz CT molecular complexity index is 450. The topological polar surface area (TPSA) is 106 Å². The summed E-state index contributed by atoms with van der Waals surface area (Å²) in [5.74, 6) is 0.552. The summed E-state index contributed by atoms with van der Waals surface area (Å²) in [5.41, 5.74) is 5.99. The molecule has 1 rings (SSSR count). The number of carbonyl (C=O) groups is 1. The van der Waals surface area contributed by atoms with Crippen LogP contribution in [0.5, 0.6) is 11.5 Å². The summed E-state index contributed by atoms with van der Waals surface area (Å²) < 4.78 is 10.7. The third-order valence-electron chi connectivity index (χ3n) is 2.72. The lowest BCUT2D eigenvalue weighted by molar-refractivity contribution is -0.119. The van der Waals surface area contributed by atoms with Crippen molar-refractivity contribution in [3.05, 3.63) is 23.8 Å². The molecule has 0 spiro atoms. The molecule has 1 amide bonds. The van der Waals surface area contributed by atoms with Crippen molar-refractivity contribution in [2.24, 2.45) is 5.73 Å². The Morgan fingerprint density at radius 1 is 1.22 bits per heavy atom. The molecule has 0 aromatic heterocycles. The van der Waals surface area contributed by atoms with Crippen LogP contribution in [0.4, 0.5) is 0 Å². The Hall–Kier alpha value is -1.25. The first-order chi connectivity index (χ1) is 10.2. The number of nitrogens with two attached hydrogens (primary N) is 1. The first-order valence-corrected chi connectivity index (χ1v) is 6.78. The summed E-state index contributed by atoms with van der Waals surface area (Å²) >= 11 is 0. The van der Waals surface area contributed by atoms with Crippen molar-refractivity contribution < 1.29 is 19.4 Å². The summed E-state index contributed by atoms with van der Waals surface area (Å²) in [6, 6.07) is 5.52. The van der Waals surface area contributed by atoms with Gasteiger partial charge in [0.15, 0.2) is 18.1 Å². The third kappa shape index (κ3) is 9.47. The molecule has 0 radical (unpaired) electrons. The van der Waals surface area contributed by atoms with Gasteiger partial charge in [-0.1, -0.05) is 12.1 Å². The summed E-state index contributed by atoms with van der Waals surface area (Å²) in [6.45, 7) is 2.58. The predicted octanol–water partition coefficient (Wildman–Crippen LogP) is 0.0744. The molecule has 0 aliphatic heterocycles. The molecule has 9 heteroatoms. The smallest absolute Gasteiger partial charge is 0.255 e. The molecule has 0 atom stereocenters. The fourth-order valence-electron chi connectivity index (χ4n) is 1.77. The molecule has 134 valence electrons. The van der Waals surface area contributed by atoms with Gasteiger partial charge in [-0.3, -0.25) is 4.79 Å². The molecule has 1 aromatic rings. The molecule has 0 heterocycles. The lowest BCUT2D eigenvalue weighted by Gasteiger charge is -2.14. The van der Waals surface area contributed by atoms with E-state index in [9.17, 15) is 4.79 Å². The molecular weight excluding hydrogens is 345 g/mol. The minimum Gasteiger partial charge on any atom is -0.493 e. The molecule has 0 unspecified atom stereocenters. The zero-order chi connectivity index (χ0) is 15.5. The average molecular weight is 370 g/mol. The number of nitrogens with one attached hydrogen (secondary N) is 2. The maximum atomic E-state index is 10.9. The highest BCUT2D eigenvalue weighted by atomic mass is 35.5. The van der Waals surface area contributed by atoms with Crippen molar-refractivity contribution in [1.29, 1.82) is 0 Å². The number of primary amides is 1. The Morgan fingerprint density at radius 2 is 1.91 bits per heavy atom. The largest absolute Gasteiger partial charge is 0.493 e. The second kappa shape index (κ2) is 14.3. The molecule has 0 bridgehead atoms. The second-order valence-electron chi connectivity index (χ2n) is 4.35. The van der Waals surface area contributed by atoms with Crippen molar-refractivity contribution >= 4 is 30.7 Å². The normalized spacial score (nSPS) is 9.48. The summed E-state index contributed by atoms with van der Waals surface area (Å²) in [7, 11) is 1.54. The number of carbonyl (C=O) groups excluding carboxylic acids is 1. The lowest BCUT2D eigenvalue weighted by Crippen LogP contribution is -2.29. The van der Waals surface area contributed by atoms with Gasteiger partial charge in [0.2, 0.25) is 0 Å². The Balaban J connectivity index is 0. The van der Waals surface area contributed by atoms with E-state index in [1.165, 1.54) is 0 Å². The van der Waals surface area contributed by atoms with Gasteiger partial charge in [0.05, 0.1) is 13.7 Å². The van der Waals surface area contributed by atoms with E-state index in [4.69, 9.17) is 20.3 Å². The average Bonchev–Trinajstić information content (AvgIpc) is 2.48. The van der Waals surface area contributed by atoms with Gasteiger partial charge >= 0.3 is 0 Å². The Morgan fingerprint density at radius 3 is 2.52 bits per heavy atom. The van der Waals surface area contributed by atoms with Crippen molar-refractivity contribution in [3.63, 3.8) is 0 Å². The van der Waals surface area contributed by atoms with Crippen LogP contribution in [0.3, 0.4) is 0 Å². The van der Waals surface area contributed by atoms with Crippen LogP contribution in [0.1, 0.15) is 5.56 Å². The molecule has 5 N–H and O–H groups in total. The maximum Gasteiger partial charge on any atom is 0.255 e. The first kappa shape index (κ1) is 24.0. The first-order valence-electron chi connectivity index (χ1n) is 6.78. The number of methoxy groups -OCH3 is 1. The number of benzene rings is 1. The molecule has 0 aliphatic carbocycles. The van der Waals surface area contributed by atoms with Crippen LogP contribution < -0.4 is 25.8 Å². The molecule has 1 aromatic carbocycles. The van der Waals surface area contributed by atoms with Crippen LogP contribution in [0, 0.1) is 0 Å². The SMILES string of the molecule is COc1cccc(CNCCNCCO)c1OCC(N)=O.Cl.Cl. The highest BCUT2D eigenvalue weighted by molar-refractivity contribution is 5.85. The van der Waals surface area contributed by atoms with Gasteiger partial charge in [-0.05, 0) is 6.07 Å². The number of ether oxygens (including phenoxy) is 2. The molecule has 0 aliphatic rings. The van der Waals surface area contributed by atoms with Crippen LogP contribution in [-0.2, 0) is 11.3 Å². The number of amides is 1. The van der Waals surface area contributed by atoms with Gasteiger partial charge in [-0.2, -0.15) is 0 Å². The van der Waals surface area contributed by atoms with Crippen LogP contribution >= 0.6 is 24.8 Å². The predicted molar refractivity (Wildman–Crippen MR) is 93.8 cm³/mol. The second-order valence-corrected chi connectivity index (χ2v) is 4.35. The van der Waals surface area contributed by atoms with E-state index >= 15 is 0 Å². The third-order valence-corrected chi connectivity index (χ3v) is 2.72. The van der Waals surface area contributed by atoms with E-state index < -0.39 is 5.91 Å². The number of hydrogen-bond acceptors (Lipinski definition) is 6. The Kier molecular flexibility index (Phi) is 15.0. The number of halogens is 2. The van der Waals surface area contributed by atoms with E-state index in [0.717, 1.165) is 18.7 Å². The minimum absolute atomic E-state index is 0. The van der Waals surface area contributed by atoms with Gasteiger partial charge < -0.3 is 30.9 Å². The number of aliphatic hydroxyl groups excluding tert-OH is 1. The van der Waals surface area contributed by atoms with Crippen LogP contribution in [-0.4, -0.2) is 51.0 Å². The summed E-state index contributed by atoms with van der Waals surface area (Å²) in [4.78, 5) is 10.9. The number of hydrogen-bond donors (Lipinski definition) is 4. The van der Waals surface area contributed by atoms with E-state index in [1.54, 1.807) is 13.2 Å². The zero-order valence-electron chi connectivity index (χ0n) is 13.0. The quantitative estimate of drug-likeness (QED) is 0.411. The molecule has 0 saturated heterocycles. The van der Waals surface area contributed by atoms with E-state index in [-0.39, 0.29) is 38.0 Å². The van der Waals surface area contributed by atoms with Crippen molar-refractivity contribution in [2.45, 2.75) is 6.54 Å². The maximum absolute atomic E-state index is 10.9. The van der Waals surface area contributed by atoms with Crippen molar-refractivity contribution in [3.8, 4) is 11.5 Å². The van der Waals surface area contributed by atoms with Gasteiger partial charge in [0.1, 0.15) is 0 Å². The van der Waals surface area contributed by atoms with Crippen LogP contribution in [0.15, 0.2) is 18.2 Å². The van der Waals surface area contributed by atoms with Gasteiger partial charge in [-0.25, -0.2) is 0 Å². The number of aliphatic hydroxyl groups is 1. The van der Waals surface area contributed by atoms with Gasteiger partial charge in [0.25, 0.3) is 5.91 Å².